The van der Waals surface area contributed by atoms with Gasteiger partial charge in [-0.05, 0) is 13.0 Å². The largest absolute Gasteiger partial charge is 0.298 e. The standard InChI is InChI=1S/C8H8O.C7H4N2O5/c1-7-2-4-8(6-9)5-3-7;10-4-5-6(8(11)12)2-1-3-7(5)9(13)14/h2-6H,1H3;1-4H. The third-order valence-corrected chi connectivity index (χ3v) is 2.78. The van der Waals surface area contributed by atoms with E-state index in [2.05, 4.69) is 0 Å². The molecule has 0 saturated carbocycles. The second kappa shape index (κ2) is 8.13. The maximum atomic E-state index is 10.4. The highest BCUT2D eigenvalue weighted by Crippen LogP contribution is 2.25. The number of nitrogens with zero attached hydrogens (tertiary/aromatic N) is 2. The van der Waals surface area contributed by atoms with E-state index in [1.165, 1.54) is 5.56 Å². The SMILES string of the molecule is Cc1ccc(C=O)cc1.O=Cc1c([N+](=O)[O-])cccc1[N+](=O)[O-]. The van der Waals surface area contributed by atoms with Gasteiger partial charge in [-0.25, -0.2) is 0 Å². The molecule has 0 heterocycles. The van der Waals surface area contributed by atoms with Crippen molar-refractivity contribution in [1.29, 1.82) is 0 Å². The lowest BCUT2D eigenvalue weighted by molar-refractivity contribution is -0.394. The van der Waals surface area contributed by atoms with Crippen LogP contribution in [0.1, 0.15) is 26.3 Å². The number of aryl methyl sites for hydroxylation is 1. The van der Waals surface area contributed by atoms with Crippen LogP contribution in [0.25, 0.3) is 0 Å². The van der Waals surface area contributed by atoms with Gasteiger partial charge < -0.3 is 0 Å². The Balaban J connectivity index is 0.000000253. The smallest absolute Gasteiger partial charge is 0.286 e. The van der Waals surface area contributed by atoms with Gasteiger partial charge >= 0.3 is 0 Å². The lowest BCUT2D eigenvalue weighted by Crippen LogP contribution is -1.99. The van der Waals surface area contributed by atoms with Crippen LogP contribution < -0.4 is 0 Å². The average molecular weight is 316 g/mol. The number of aldehydes is 2. The van der Waals surface area contributed by atoms with Crippen molar-refractivity contribution in [3.05, 3.63) is 79.4 Å². The van der Waals surface area contributed by atoms with Gasteiger partial charge in [-0.3, -0.25) is 29.8 Å². The maximum Gasteiger partial charge on any atom is 0.286 e. The van der Waals surface area contributed by atoms with Gasteiger partial charge in [0.25, 0.3) is 11.4 Å². The van der Waals surface area contributed by atoms with E-state index in [4.69, 9.17) is 0 Å². The summed E-state index contributed by atoms with van der Waals surface area (Å²) in [5, 5.41) is 20.8. The fraction of sp³-hybridized carbons (Fsp3) is 0.0667. The topological polar surface area (TPSA) is 120 Å². The van der Waals surface area contributed by atoms with E-state index in [1.54, 1.807) is 0 Å². The summed E-state index contributed by atoms with van der Waals surface area (Å²) in [6.45, 7) is 1.99. The monoisotopic (exact) mass is 316 g/mol. The second-order valence-electron chi connectivity index (χ2n) is 4.37. The van der Waals surface area contributed by atoms with E-state index >= 15 is 0 Å². The minimum atomic E-state index is -0.837. The van der Waals surface area contributed by atoms with E-state index in [0.717, 1.165) is 30.0 Å². The number of rotatable bonds is 4. The molecule has 0 spiro atoms. The molecule has 0 fully saturated rings. The molecule has 2 aromatic rings. The zero-order chi connectivity index (χ0) is 17.4. The molecule has 118 valence electrons. The van der Waals surface area contributed by atoms with Gasteiger partial charge in [0.05, 0.1) is 9.85 Å². The highest BCUT2D eigenvalue weighted by Gasteiger charge is 2.23. The third kappa shape index (κ3) is 4.81. The van der Waals surface area contributed by atoms with Gasteiger partial charge in [0.2, 0.25) is 0 Å². The fourth-order valence-electron chi connectivity index (χ4n) is 1.63. The van der Waals surface area contributed by atoms with Gasteiger partial charge in [0, 0.05) is 17.7 Å². The summed E-state index contributed by atoms with van der Waals surface area (Å²) in [6, 6.07) is 10.7. The first-order chi connectivity index (χ1) is 10.9. The molecule has 0 atom stereocenters. The van der Waals surface area contributed by atoms with Crippen LogP contribution in [0.2, 0.25) is 0 Å². The molecule has 0 bridgehead atoms. The van der Waals surface area contributed by atoms with Crippen molar-refractivity contribution in [3.63, 3.8) is 0 Å². The molecule has 23 heavy (non-hydrogen) atoms. The highest BCUT2D eigenvalue weighted by molar-refractivity contribution is 5.87. The number of carbonyl (C=O) groups excluding carboxylic acids is 2. The van der Waals surface area contributed by atoms with Crippen LogP contribution >= 0.6 is 0 Å². The number of benzene rings is 2. The Labute approximate surface area is 130 Å². The van der Waals surface area contributed by atoms with Crippen molar-refractivity contribution in [2.45, 2.75) is 6.92 Å². The zero-order valence-electron chi connectivity index (χ0n) is 12.0. The number of nitro groups is 2. The van der Waals surface area contributed by atoms with Crippen molar-refractivity contribution >= 4 is 23.9 Å². The Bertz CT molecular complexity index is 708. The molecule has 0 aliphatic rings. The second-order valence-corrected chi connectivity index (χ2v) is 4.37. The zero-order valence-corrected chi connectivity index (χ0v) is 12.0. The first-order valence-electron chi connectivity index (χ1n) is 6.29. The van der Waals surface area contributed by atoms with Crippen LogP contribution in [0.15, 0.2) is 42.5 Å². The molecule has 0 aromatic heterocycles. The molecule has 0 radical (unpaired) electrons. The van der Waals surface area contributed by atoms with Crippen LogP contribution in [-0.2, 0) is 0 Å². The number of hydrogen-bond donors (Lipinski definition) is 0. The molecule has 0 amide bonds. The van der Waals surface area contributed by atoms with Crippen LogP contribution in [-0.4, -0.2) is 22.4 Å². The molecule has 0 aliphatic carbocycles. The summed E-state index contributed by atoms with van der Waals surface area (Å²) in [5.41, 5.74) is 0.284. The van der Waals surface area contributed by atoms with Crippen molar-refractivity contribution in [3.8, 4) is 0 Å². The van der Waals surface area contributed by atoms with Gasteiger partial charge in [-0.2, -0.15) is 0 Å². The first kappa shape index (κ1) is 17.6. The summed E-state index contributed by atoms with van der Waals surface area (Å²) in [4.78, 5) is 39.7. The summed E-state index contributed by atoms with van der Waals surface area (Å²) < 4.78 is 0. The molecule has 2 rings (SSSR count). The van der Waals surface area contributed by atoms with Crippen LogP contribution in [0.5, 0.6) is 0 Å². The lowest BCUT2D eigenvalue weighted by atomic mass is 10.1. The number of carbonyl (C=O) groups is 2. The Kier molecular flexibility index (Phi) is 6.23. The third-order valence-electron chi connectivity index (χ3n) is 2.78. The van der Waals surface area contributed by atoms with Crippen molar-refractivity contribution in [1.82, 2.24) is 0 Å². The van der Waals surface area contributed by atoms with E-state index in [9.17, 15) is 29.8 Å². The fourth-order valence-corrected chi connectivity index (χ4v) is 1.63. The summed E-state index contributed by atoms with van der Waals surface area (Å²) >= 11 is 0. The molecule has 0 saturated heterocycles. The molecule has 0 aliphatic heterocycles. The Morgan fingerprint density at radius 2 is 1.30 bits per heavy atom. The molecular formula is C15H12N2O6. The van der Waals surface area contributed by atoms with Crippen molar-refractivity contribution in [2.24, 2.45) is 0 Å². The molecule has 0 N–H and O–H groups in total. The van der Waals surface area contributed by atoms with Crippen molar-refractivity contribution in [2.75, 3.05) is 0 Å². The van der Waals surface area contributed by atoms with Crippen LogP contribution in [0.4, 0.5) is 11.4 Å². The van der Waals surface area contributed by atoms with Gasteiger partial charge in [-0.15, -0.1) is 0 Å². The predicted molar refractivity (Wildman–Crippen MR) is 81.7 cm³/mol. The van der Waals surface area contributed by atoms with Gasteiger partial charge in [0.1, 0.15) is 6.29 Å². The molecule has 8 heteroatoms. The quantitative estimate of drug-likeness (QED) is 0.485. The lowest BCUT2D eigenvalue weighted by Gasteiger charge is -1.96. The van der Waals surface area contributed by atoms with Crippen LogP contribution in [0, 0.1) is 27.2 Å². The molecular weight excluding hydrogens is 304 g/mol. The number of nitro benzene ring substituents is 2. The van der Waals surface area contributed by atoms with E-state index in [-0.39, 0.29) is 6.29 Å². The summed E-state index contributed by atoms with van der Waals surface area (Å²) in [7, 11) is 0. The maximum absolute atomic E-state index is 10.4. The Hall–Kier alpha value is -3.42. The molecule has 2 aromatic carbocycles. The average Bonchev–Trinajstić information content (AvgIpc) is 2.55. The molecule has 0 unspecified atom stereocenters. The minimum absolute atomic E-state index is 0.107. The predicted octanol–water partition coefficient (Wildman–Crippen LogP) is 3.12. The van der Waals surface area contributed by atoms with E-state index < -0.39 is 26.8 Å². The van der Waals surface area contributed by atoms with Crippen LogP contribution in [0.3, 0.4) is 0 Å². The number of hydrogen-bond acceptors (Lipinski definition) is 6. The normalized spacial score (nSPS) is 9.26. The van der Waals surface area contributed by atoms with E-state index in [1.807, 2.05) is 31.2 Å². The minimum Gasteiger partial charge on any atom is -0.298 e. The van der Waals surface area contributed by atoms with Gasteiger partial charge in [0.15, 0.2) is 11.8 Å². The van der Waals surface area contributed by atoms with Gasteiger partial charge in [-0.1, -0.05) is 29.8 Å². The Morgan fingerprint density at radius 1 is 0.826 bits per heavy atom. The van der Waals surface area contributed by atoms with Crippen molar-refractivity contribution < 1.29 is 19.4 Å². The van der Waals surface area contributed by atoms with E-state index in [0.29, 0.717) is 0 Å². The Morgan fingerprint density at radius 3 is 1.65 bits per heavy atom. The highest BCUT2D eigenvalue weighted by atomic mass is 16.6. The summed E-state index contributed by atoms with van der Waals surface area (Å²) in [6.07, 6.45) is 0.954. The summed E-state index contributed by atoms with van der Waals surface area (Å²) in [5.74, 6) is 0. The molecule has 8 nitrogen and oxygen atoms in total. The first-order valence-corrected chi connectivity index (χ1v) is 6.29.